The third kappa shape index (κ3) is 10.4. The van der Waals surface area contributed by atoms with Crippen LogP contribution in [0.25, 0.3) is 0 Å². The molecule has 0 aromatic heterocycles. The summed E-state index contributed by atoms with van der Waals surface area (Å²) < 4.78 is 15.6. The first kappa shape index (κ1) is 30.9. The number of hydrogen-bond acceptors (Lipinski definition) is 7. The van der Waals surface area contributed by atoms with Gasteiger partial charge in [-0.25, -0.2) is 14.4 Å². The van der Waals surface area contributed by atoms with Crippen molar-refractivity contribution in [2.75, 3.05) is 7.11 Å². The van der Waals surface area contributed by atoms with Crippen LogP contribution in [0, 0.1) is 0 Å². The molecule has 0 aliphatic rings. The minimum absolute atomic E-state index is 0.0381. The summed E-state index contributed by atoms with van der Waals surface area (Å²) in [6.07, 6.45) is -0.493. The predicted molar refractivity (Wildman–Crippen MR) is 153 cm³/mol. The van der Waals surface area contributed by atoms with Gasteiger partial charge in [-0.05, 0) is 49.6 Å². The van der Waals surface area contributed by atoms with Gasteiger partial charge in [0.15, 0.2) is 0 Å². The van der Waals surface area contributed by atoms with Crippen molar-refractivity contribution in [2.45, 2.75) is 57.9 Å². The number of nitrogens with one attached hydrogen (secondary N) is 2. The minimum atomic E-state index is -1.04. The molecule has 2 amide bonds. The minimum Gasteiger partial charge on any atom is -0.467 e. The fourth-order valence-corrected chi connectivity index (χ4v) is 3.92. The molecule has 3 aromatic carbocycles. The van der Waals surface area contributed by atoms with Gasteiger partial charge in [-0.3, -0.25) is 4.79 Å². The van der Waals surface area contributed by atoms with E-state index >= 15 is 0 Å². The third-order valence-electron chi connectivity index (χ3n) is 5.93. The molecule has 2 atom stereocenters. The first-order valence-electron chi connectivity index (χ1n) is 13.3. The zero-order chi connectivity index (χ0) is 29.8. The quantitative estimate of drug-likeness (QED) is 0.264. The van der Waals surface area contributed by atoms with E-state index in [9.17, 15) is 19.2 Å². The first-order chi connectivity index (χ1) is 19.5. The summed E-state index contributed by atoms with van der Waals surface area (Å²) in [5.41, 5.74) is 2.03. The number of ether oxygens (including phenoxy) is 3. The second-order valence-corrected chi connectivity index (χ2v) is 10.4. The van der Waals surface area contributed by atoms with Gasteiger partial charge in [-0.2, -0.15) is 0 Å². The van der Waals surface area contributed by atoms with Crippen LogP contribution in [0.3, 0.4) is 0 Å². The number of carbonyl (C=O) groups is 4. The molecular weight excluding hydrogens is 524 g/mol. The standard InChI is InChI=1S/C32H36N2O7/c1-32(2,3)41-29(36)25-17-15-23(16-18-25)20-27(30(37)39-4)33-28(35)26(19-22-11-7-5-8-12-22)34-31(38)40-21-24-13-9-6-10-14-24/h5-18,26-27H,19-21H2,1-4H3,(H,33,35)(H,34,38)/t26-,27+/m0/s1. The van der Waals surface area contributed by atoms with E-state index in [1.54, 1.807) is 45.0 Å². The highest BCUT2D eigenvalue weighted by Crippen LogP contribution is 2.14. The van der Waals surface area contributed by atoms with E-state index in [1.165, 1.54) is 7.11 Å². The van der Waals surface area contributed by atoms with E-state index < -0.39 is 41.6 Å². The summed E-state index contributed by atoms with van der Waals surface area (Å²) in [6, 6.07) is 22.8. The smallest absolute Gasteiger partial charge is 0.408 e. The van der Waals surface area contributed by atoms with E-state index in [0.29, 0.717) is 11.1 Å². The van der Waals surface area contributed by atoms with Crippen molar-refractivity contribution in [2.24, 2.45) is 0 Å². The van der Waals surface area contributed by atoms with E-state index in [1.807, 2.05) is 60.7 Å². The lowest BCUT2D eigenvalue weighted by molar-refractivity contribution is -0.145. The molecule has 41 heavy (non-hydrogen) atoms. The zero-order valence-electron chi connectivity index (χ0n) is 23.7. The van der Waals surface area contributed by atoms with Crippen LogP contribution in [0.4, 0.5) is 4.79 Å². The molecule has 0 spiro atoms. The lowest BCUT2D eigenvalue weighted by atomic mass is 10.0. The highest BCUT2D eigenvalue weighted by molar-refractivity contribution is 5.91. The van der Waals surface area contributed by atoms with E-state index in [4.69, 9.17) is 14.2 Å². The molecule has 0 unspecified atom stereocenters. The predicted octanol–water partition coefficient (Wildman–Crippen LogP) is 4.38. The third-order valence-corrected chi connectivity index (χ3v) is 5.93. The summed E-state index contributed by atoms with van der Waals surface area (Å²) in [5, 5.41) is 5.33. The summed E-state index contributed by atoms with van der Waals surface area (Å²) >= 11 is 0. The van der Waals surface area contributed by atoms with Gasteiger partial charge < -0.3 is 24.8 Å². The van der Waals surface area contributed by atoms with Crippen molar-refractivity contribution in [1.82, 2.24) is 10.6 Å². The number of carbonyl (C=O) groups excluding carboxylic acids is 4. The Hall–Kier alpha value is -4.66. The van der Waals surface area contributed by atoms with Crippen molar-refractivity contribution < 1.29 is 33.4 Å². The molecule has 0 radical (unpaired) electrons. The maximum Gasteiger partial charge on any atom is 0.408 e. The van der Waals surface area contributed by atoms with Crippen LogP contribution >= 0.6 is 0 Å². The first-order valence-corrected chi connectivity index (χ1v) is 13.3. The van der Waals surface area contributed by atoms with Gasteiger partial charge >= 0.3 is 18.0 Å². The number of esters is 2. The van der Waals surface area contributed by atoms with Gasteiger partial charge in [0.05, 0.1) is 12.7 Å². The van der Waals surface area contributed by atoms with Crippen LogP contribution in [-0.4, -0.2) is 48.7 Å². The SMILES string of the molecule is COC(=O)[C@@H](Cc1ccc(C(=O)OC(C)(C)C)cc1)NC(=O)[C@H](Cc1ccccc1)NC(=O)OCc1ccccc1. The van der Waals surface area contributed by atoms with Crippen LogP contribution in [0.5, 0.6) is 0 Å². The average Bonchev–Trinajstić information content (AvgIpc) is 2.95. The van der Waals surface area contributed by atoms with Gasteiger partial charge in [0, 0.05) is 12.8 Å². The topological polar surface area (TPSA) is 120 Å². The molecule has 0 aliphatic carbocycles. The fraction of sp³-hybridized carbons (Fsp3) is 0.312. The number of methoxy groups -OCH3 is 1. The number of benzene rings is 3. The van der Waals surface area contributed by atoms with Gasteiger partial charge in [0.25, 0.3) is 0 Å². The monoisotopic (exact) mass is 560 g/mol. The summed E-state index contributed by atoms with van der Waals surface area (Å²) in [6.45, 7) is 5.39. The molecule has 3 aromatic rings. The van der Waals surface area contributed by atoms with E-state index in [-0.39, 0.29) is 19.4 Å². The Balaban J connectivity index is 1.71. The van der Waals surface area contributed by atoms with Crippen molar-refractivity contribution in [3.8, 4) is 0 Å². The summed E-state index contributed by atoms with van der Waals surface area (Å²) in [4.78, 5) is 51.0. The maximum absolute atomic E-state index is 13.4. The Labute approximate surface area is 240 Å². The maximum atomic E-state index is 13.4. The van der Waals surface area contributed by atoms with Crippen molar-refractivity contribution >= 4 is 23.9 Å². The molecule has 0 fully saturated rings. The van der Waals surface area contributed by atoms with Crippen LogP contribution in [0.2, 0.25) is 0 Å². The average molecular weight is 561 g/mol. The zero-order valence-corrected chi connectivity index (χ0v) is 23.7. The second kappa shape index (κ2) is 14.6. The molecule has 216 valence electrons. The lowest BCUT2D eigenvalue weighted by Crippen LogP contribution is -2.53. The van der Waals surface area contributed by atoms with Gasteiger partial charge in [0.1, 0.15) is 24.3 Å². The van der Waals surface area contributed by atoms with Gasteiger partial charge in [-0.15, -0.1) is 0 Å². The molecular formula is C32H36N2O7. The Morgan fingerprint density at radius 1 is 0.707 bits per heavy atom. The lowest BCUT2D eigenvalue weighted by Gasteiger charge is -2.22. The summed E-state index contributed by atoms with van der Waals surface area (Å²) in [7, 11) is 1.23. The second-order valence-electron chi connectivity index (χ2n) is 10.4. The van der Waals surface area contributed by atoms with Gasteiger partial charge in [-0.1, -0.05) is 72.8 Å². The summed E-state index contributed by atoms with van der Waals surface area (Å²) in [5.74, 6) is -1.69. The molecule has 0 bridgehead atoms. The Bertz CT molecular complexity index is 1300. The molecule has 9 nitrogen and oxygen atoms in total. The number of alkyl carbamates (subject to hydrolysis) is 1. The van der Waals surface area contributed by atoms with Gasteiger partial charge in [0.2, 0.25) is 5.91 Å². The Kier molecular flexibility index (Phi) is 11.0. The fourth-order valence-electron chi connectivity index (χ4n) is 3.92. The largest absolute Gasteiger partial charge is 0.467 e. The van der Waals surface area contributed by atoms with Crippen molar-refractivity contribution in [3.05, 3.63) is 107 Å². The molecule has 3 rings (SSSR count). The molecule has 9 heteroatoms. The molecule has 0 heterocycles. The molecule has 0 saturated heterocycles. The van der Waals surface area contributed by atoms with Crippen LogP contribution in [-0.2, 0) is 43.2 Å². The van der Waals surface area contributed by atoms with Crippen LogP contribution < -0.4 is 10.6 Å². The highest BCUT2D eigenvalue weighted by atomic mass is 16.6. The van der Waals surface area contributed by atoms with Crippen LogP contribution in [0.15, 0.2) is 84.9 Å². The van der Waals surface area contributed by atoms with Crippen molar-refractivity contribution in [3.63, 3.8) is 0 Å². The highest BCUT2D eigenvalue weighted by Gasteiger charge is 2.28. The normalized spacial score (nSPS) is 12.4. The van der Waals surface area contributed by atoms with Crippen LogP contribution in [0.1, 0.15) is 47.8 Å². The van der Waals surface area contributed by atoms with Crippen molar-refractivity contribution in [1.29, 1.82) is 0 Å². The number of hydrogen-bond donors (Lipinski definition) is 2. The molecule has 2 N–H and O–H groups in total. The molecule has 0 saturated carbocycles. The van der Waals surface area contributed by atoms with E-state index in [0.717, 1.165) is 11.1 Å². The van der Waals surface area contributed by atoms with E-state index in [2.05, 4.69) is 10.6 Å². The number of amides is 2. The molecule has 0 aliphatic heterocycles. The Morgan fingerprint density at radius 3 is 1.80 bits per heavy atom. The Morgan fingerprint density at radius 2 is 1.24 bits per heavy atom. The number of rotatable bonds is 11.